The zero-order valence-electron chi connectivity index (χ0n) is 14.9. The largest absolute Gasteiger partial charge is 0.354 e. The molecule has 1 heterocycles. The molecule has 0 saturated carbocycles. The monoisotopic (exact) mass is 323 g/mol. The zero-order chi connectivity index (χ0) is 16.8. The van der Waals surface area contributed by atoms with Crippen molar-refractivity contribution in [3.8, 4) is 11.5 Å². The van der Waals surface area contributed by atoms with Crippen LogP contribution in [0.3, 0.4) is 0 Å². The van der Waals surface area contributed by atoms with E-state index in [1.165, 1.54) is 6.92 Å². The van der Waals surface area contributed by atoms with Crippen LogP contribution in [0.25, 0.3) is 0 Å². The van der Waals surface area contributed by atoms with Gasteiger partial charge in [-0.05, 0) is 12.0 Å². The minimum Gasteiger partial charge on any atom is -0.354 e. The van der Waals surface area contributed by atoms with Gasteiger partial charge in [-0.15, -0.1) is 5.54 Å². The van der Waals surface area contributed by atoms with Crippen molar-refractivity contribution in [2.24, 2.45) is 5.92 Å². The first-order valence-electron chi connectivity index (χ1n) is 7.56. The summed E-state index contributed by atoms with van der Waals surface area (Å²) in [5.41, 5.74) is 3.35. The third kappa shape index (κ3) is 3.49. The van der Waals surface area contributed by atoms with E-state index in [0.717, 1.165) is 0 Å². The van der Waals surface area contributed by atoms with Crippen LogP contribution in [-0.2, 0) is 9.59 Å². The van der Waals surface area contributed by atoms with E-state index in [2.05, 4.69) is 65.0 Å². The topological polar surface area (TPSA) is 37.4 Å². The van der Waals surface area contributed by atoms with Crippen molar-refractivity contribution in [1.82, 2.24) is 4.57 Å². The van der Waals surface area contributed by atoms with E-state index in [-0.39, 0.29) is 22.8 Å². The van der Waals surface area contributed by atoms with E-state index in [1.54, 1.807) is 0 Å². The maximum atomic E-state index is 12.5. The first-order chi connectivity index (χ1) is 9.20. The van der Waals surface area contributed by atoms with Gasteiger partial charge in [0.1, 0.15) is 25.8 Å². The van der Waals surface area contributed by atoms with E-state index < -0.39 is 22.2 Å². The fourth-order valence-electron chi connectivity index (χ4n) is 2.31. The molecule has 0 bridgehead atoms. The molecule has 1 aliphatic heterocycles. The van der Waals surface area contributed by atoms with Gasteiger partial charge < -0.3 is 4.57 Å². The summed E-state index contributed by atoms with van der Waals surface area (Å²) < 4.78 is 1.96. The van der Waals surface area contributed by atoms with Gasteiger partial charge >= 0.3 is 0 Å². The molecule has 0 N–H and O–H groups in total. The molecule has 5 heteroatoms. The summed E-state index contributed by atoms with van der Waals surface area (Å²) in [5, 5.41) is 0.0590. The Labute approximate surface area is 131 Å². The van der Waals surface area contributed by atoms with Crippen molar-refractivity contribution in [3.05, 3.63) is 0 Å². The van der Waals surface area contributed by atoms with Crippen molar-refractivity contribution in [2.75, 3.05) is 0 Å². The molecule has 0 aliphatic carbocycles. The van der Waals surface area contributed by atoms with Gasteiger partial charge in [-0.3, -0.25) is 9.59 Å². The Bertz CT molecular complexity index is 515. The van der Waals surface area contributed by atoms with Crippen molar-refractivity contribution in [2.45, 2.75) is 71.5 Å². The second-order valence-electron chi connectivity index (χ2n) is 8.57. The lowest BCUT2D eigenvalue weighted by atomic mass is 9.88. The molecule has 118 valence electrons. The molecule has 1 amide bonds. The molecule has 21 heavy (non-hydrogen) atoms. The Morgan fingerprint density at radius 2 is 1.62 bits per heavy atom. The summed E-state index contributed by atoms with van der Waals surface area (Å²) >= 11 is 0. The van der Waals surface area contributed by atoms with Gasteiger partial charge in [0.25, 0.3) is 0 Å². The predicted molar refractivity (Wildman–Crippen MR) is 93.1 cm³/mol. The minimum absolute atomic E-state index is 0.0102. The van der Waals surface area contributed by atoms with Gasteiger partial charge in [0.15, 0.2) is 8.24 Å². The summed E-state index contributed by atoms with van der Waals surface area (Å²) in [4.78, 5) is 24.3. The molecule has 1 aliphatic rings. The molecule has 1 rings (SSSR count). The number of carbonyl (C=O) groups is 2. The smallest absolute Gasteiger partial charge is 0.229 e. The molecule has 2 unspecified atom stereocenters. The maximum Gasteiger partial charge on any atom is 0.229 e. The number of hydrogen-bond acceptors (Lipinski definition) is 2. The van der Waals surface area contributed by atoms with Gasteiger partial charge in [-0.25, -0.2) is 0 Å². The van der Waals surface area contributed by atoms with Gasteiger partial charge in [0.05, 0.1) is 0 Å². The van der Waals surface area contributed by atoms with E-state index in [1.807, 2.05) is 4.57 Å². The Balaban J connectivity index is 3.22. The molecule has 3 nitrogen and oxygen atoms in total. The molecule has 0 radical (unpaired) electrons. The van der Waals surface area contributed by atoms with Crippen LogP contribution in [0.15, 0.2) is 0 Å². The Morgan fingerprint density at radius 1 is 1.14 bits per heavy atom. The van der Waals surface area contributed by atoms with Crippen LogP contribution >= 0.6 is 0 Å². The molecule has 0 aromatic heterocycles. The standard InChI is InChI=1S/C16H29NO2Si2/c1-12(18)14-13(10-11-20(5,6)7)17(15(14)19)21(8,9)16(2,3)4/h13-14H,1-9H3. The highest BCUT2D eigenvalue weighted by molar-refractivity contribution is 6.84. The second-order valence-corrected chi connectivity index (χ2v) is 18.4. The van der Waals surface area contributed by atoms with E-state index in [4.69, 9.17) is 0 Å². The molecule has 1 fully saturated rings. The van der Waals surface area contributed by atoms with Crippen molar-refractivity contribution in [3.63, 3.8) is 0 Å². The van der Waals surface area contributed by atoms with Crippen LogP contribution in [0, 0.1) is 17.4 Å². The van der Waals surface area contributed by atoms with Crippen LogP contribution in [-0.4, -0.2) is 38.6 Å². The highest BCUT2D eigenvalue weighted by atomic mass is 28.3. The third-order valence-corrected chi connectivity index (χ3v) is 10.8. The summed E-state index contributed by atoms with van der Waals surface area (Å²) in [5.74, 6) is 2.68. The van der Waals surface area contributed by atoms with Crippen LogP contribution < -0.4 is 0 Å². The number of β-lactam (4-membered cyclic amide) rings is 1. The van der Waals surface area contributed by atoms with Crippen LogP contribution in [0.1, 0.15) is 27.7 Å². The Kier molecular flexibility index (Phi) is 4.68. The lowest BCUT2D eigenvalue weighted by Crippen LogP contribution is -2.73. The number of ketones is 1. The number of nitrogens with zero attached hydrogens (tertiary/aromatic N) is 1. The van der Waals surface area contributed by atoms with Gasteiger partial charge in [0.2, 0.25) is 5.91 Å². The summed E-state index contributed by atoms with van der Waals surface area (Å²) in [6.45, 7) is 19.0. The average Bonchev–Trinajstić information content (AvgIpc) is 2.19. The highest BCUT2D eigenvalue weighted by Crippen LogP contribution is 2.44. The number of hydrogen-bond donors (Lipinski definition) is 0. The zero-order valence-corrected chi connectivity index (χ0v) is 16.9. The maximum absolute atomic E-state index is 12.5. The number of rotatable bonds is 2. The average molecular weight is 324 g/mol. The first-order valence-corrected chi connectivity index (χ1v) is 14.0. The lowest BCUT2D eigenvalue weighted by Gasteiger charge is -2.56. The van der Waals surface area contributed by atoms with Crippen LogP contribution in [0.4, 0.5) is 0 Å². The van der Waals surface area contributed by atoms with E-state index in [9.17, 15) is 9.59 Å². The molecular weight excluding hydrogens is 294 g/mol. The normalized spacial score (nSPS) is 23.3. The van der Waals surface area contributed by atoms with E-state index >= 15 is 0 Å². The van der Waals surface area contributed by atoms with Crippen molar-refractivity contribution < 1.29 is 9.59 Å². The summed E-state index contributed by atoms with van der Waals surface area (Å²) in [6.07, 6.45) is 0. The second kappa shape index (κ2) is 5.40. The molecule has 0 aromatic carbocycles. The fraction of sp³-hybridized carbons (Fsp3) is 0.750. The molecule has 1 saturated heterocycles. The lowest BCUT2D eigenvalue weighted by molar-refractivity contribution is -0.150. The number of carbonyl (C=O) groups excluding carboxylic acids is 2. The van der Waals surface area contributed by atoms with Gasteiger partial charge in [0, 0.05) is 0 Å². The predicted octanol–water partition coefficient (Wildman–Crippen LogP) is 3.29. The SMILES string of the molecule is CC(=O)C1C(=O)N([Si](C)(C)C(C)(C)C)C1C#C[Si](C)(C)C. The van der Waals surface area contributed by atoms with E-state index in [0.29, 0.717) is 0 Å². The van der Waals surface area contributed by atoms with Crippen molar-refractivity contribution in [1.29, 1.82) is 0 Å². The van der Waals surface area contributed by atoms with Crippen molar-refractivity contribution >= 4 is 28.0 Å². The van der Waals surface area contributed by atoms with Gasteiger partial charge in [-0.1, -0.05) is 59.4 Å². The Morgan fingerprint density at radius 3 is 1.95 bits per heavy atom. The first kappa shape index (κ1) is 18.2. The summed E-state index contributed by atoms with van der Waals surface area (Å²) in [7, 11) is -3.51. The number of amides is 1. The molecule has 0 aromatic rings. The van der Waals surface area contributed by atoms with Crippen LogP contribution in [0.2, 0.25) is 37.8 Å². The highest BCUT2D eigenvalue weighted by Gasteiger charge is 2.58. The molecular formula is C16H29NO2Si2. The quantitative estimate of drug-likeness (QED) is 0.338. The molecule has 0 spiro atoms. The third-order valence-electron chi connectivity index (χ3n) is 4.57. The summed E-state index contributed by atoms with van der Waals surface area (Å²) in [6, 6.07) is -0.206. The number of Topliss-reactive ketones (excluding diaryl/α,β-unsaturated/α-hetero) is 1. The molecule has 2 atom stereocenters. The Hall–Kier alpha value is -0.866. The fourth-order valence-corrected chi connectivity index (χ4v) is 5.21. The minimum atomic E-state index is -1.99. The van der Waals surface area contributed by atoms with Gasteiger partial charge in [-0.2, -0.15) is 0 Å². The van der Waals surface area contributed by atoms with Crippen LogP contribution in [0.5, 0.6) is 0 Å².